The SMILES string of the molecule is CC(=O)N=c1n(C)c2ccccc2n1C.Cl. The molecular weight excluding hydrogens is 226 g/mol. The Kier molecular flexibility index (Phi) is 3.55. The number of imidazole rings is 1. The number of carbonyl (C=O) groups is 1. The van der Waals surface area contributed by atoms with Gasteiger partial charge in [0, 0.05) is 21.0 Å². The maximum atomic E-state index is 11.0. The molecule has 2 rings (SSSR count). The van der Waals surface area contributed by atoms with Gasteiger partial charge in [0.25, 0.3) is 0 Å². The molecule has 0 aliphatic heterocycles. The predicted molar refractivity (Wildman–Crippen MR) is 65.4 cm³/mol. The van der Waals surface area contributed by atoms with Crippen LogP contribution in [0.5, 0.6) is 0 Å². The van der Waals surface area contributed by atoms with Gasteiger partial charge in [0.05, 0.1) is 11.0 Å². The van der Waals surface area contributed by atoms with Gasteiger partial charge in [-0.1, -0.05) is 12.1 Å². The molecule has 1 aromatic heterocycles. The monoisotopic (exact) mass is 239 g/mol. The number of carbonyl (C=O) groups excluding carboxylic acids is 1. The van der Waals surface area contributed by atoms with E-state index in [2.05, 4.69) is 4.99 Å². The first kappa shape index (κ1) is 12.5. The Labute approximate surface area is 99.6 Å². The molecule has 0 spiro atoms. The van der Waals surface area contributed by atoms with E-state index in [0.717, 1.165) is 11.0 Å². The molecule has 0 bridgehead atoms. The van der Waals surface area contributed by atoms with Crippen LogP contribution in [0.2, 0.25) is 0 Å². The second-order valence-corrected chi connectivity index (χ2v) is 3.54. The molecule has 86 valence electrons. The minimum absolute atomic E-state index is 0. The topological polar surface area (TPSA) is 39.3 Å². The molecule has 1 amide bonds. The largest absolute Gasteiger partial charge is 0.313 e. The number of benzene rings is 1. The van der Waals surface area contributed by atoms with Crippen LogP contribution >= 0.6 is 12.4 Å². The van der Waals surface area contributed by atoms with Crippen molar-refractivity contribution in [2.24, 2.45) is 19.1 Å². The van der Waals surface area contributed by atoms with Gasteiger partial charge >= 0.3 is 0 Å². The first-order valence-corrected chi connectivity index (χ1v) is 4.77. The molecule has 1 aromatic carbocycles. The zero-order chi connectivity index (χ0) is 11.0. The molecule has 0 aliphatic rings. The highest BCUT2D eigenvalue weighted by molar-refractivity contribution is 5.85. The fourth-order valence-corrected chi connectivity index (χ4v) is 1.76. The van der Waals surface area contributed by atoms with Crippen LogP contribution in [-0.2, 0) is 18.9 Å². The van der Waals surface area contributed by atoms with Crippen molar-refractivity contribution in [3.05, 3.63) is 29.9 Å². The molecule has 2 aromatic rings. The molecule has 0 N–H and O–H groups in total. The van der Waals surface area contributed by atoms with Crippen molar-refractivity contribution in [3.63, 3.8) is 0 Å². The Morgan fingerprint density at radius 3 is 1.94 bits per heavy atom. The van der Waals surface area contributed by atoms with Gasteiger partial charge in [-0.15, -0.1) is 12.4 Å². The van der Waals surface area contributed by atoms with Crippen LogP contribution in [-0.4, -0.2) is 15.0 Å². The highest BCUT2D eigenvalue weighted by atomic mass is 35.5. The summed E-state index contributed by atoms with van der Waals surface area (Å²) in [5.74, 6) is -0.184. The van der Waals surface area contributed by atoms with Crippen LogP contribution in [0.25, 0.3) is 11.0 Å². The molecule has 0 saturated carbocycles. The van der Waals surface area contributed by atoms with Crippen molar-refractivity contribution < 1.29 is 4.79 Å². The predicted octanol–water partition coefficient (Wildman–Crippen LogP) is 1.39. The Balaban J connectivity index is 0.00000128. The third-order valence-corrected chi connectivity index (χ3v) is 2.46. The van der Waals surface area contributed by atoms with Gasteiger partial charge in [0.15, 0.2) is 0 Å². The lowest BCUT2D eigenvalue weighted by atomic mass is 10.3. The fourth-order valence-electron chi connectivity index (χ4n) is 1.76. The molecule has 0 saturated heterocycles. The Morgan fingerprint density at radius 2 is 1.56 bits per heavy atom. The second kappa shape index (κ2) is 4.53. The molecule has 0 aliphatic carbocycles. The van der Waals surface area contributed by atoms with Gasteiger partial charge in [-0.3, -0.25) is 4.79 Å². The van der Waals surface area contributed by atoms with E-state index in [1.807, 2.05) is 47.5 Å². The lowest BCUT2D eigenvalue weighted by Gasteiger charge is -1.92. The minimum Gasteiger partial charge on any atom is -0.313 e. The van der Waals surface area contributed by atoms with Gasteiger partial charge in [0.2, 0.25) is 11.5 Å². The Bertz CT molecular complexity index is 553. The lowest BCUT2D eigenvalue weighted by Crippen LogP contribution is -2.23. The normalized spacial score (nSPS) is 9.94. The van der Waals surface area contributed by atoms with Crippen molar-refractivity contribution in [2.45, 2.75) is 6.92 Å². The molecular formula is C11H14ClN3O. The van der Waals surface area contributed by atoms with Crippen molar-refractivity contribution in [3.8, 4) is 0 Å². The number of nitrogens with zero attached hydrogens (tertiary/aromatic N) is 3. The zero-order valence-electron chi connectivity index (χ0n) is 9.47. The fraction of sp³-hybridized carbons (Fsp3) is 0.273. The number of aromatic nitrogens is 2. The average molecular weight is 240 g/mol. The number of para-hydroxylation sites is 2. The molecule has 0 fully saturated rings. The summed E-state index contributed by atoms with van der Waals surface area (Å²) in [5, 5.41) is 0. The van der Waals surface area contributed by atoms with Crippen LogP contribution in [0, 0.1) is 0 Å². The summed E-state index contributed by atoms with van der Waals surface area (Å²) < 4.78 is 3.83. The standard InChI is InChI=1S/C11H13N3O.ClH/c1-8(15)12-11-13(2)9-6-4-5-7-10(9)14(11)3;/h4-7H,1-3H3;1H. The molecule has 0 atom stereocenters. The summed E-state index contributed by atoms with van der Waals surface area (Å²) in [6.45, 7) is 1.46. The van der Waals surface area contributed by atoms with E-state index in [1.54, 1.807) is 0 Å². The maximum Gasteiger partial charge on any atom is 0.245 e. The number of fused-ring (bicyclic) bond motifs is 1. The van der Waals surface area contributed by atoms with Crippen molar-refractivity contribution in [2.75, 3.05) is 0 Å². The minimum atomic E-state index is -0.184. The Morgan fingerprint density at radius 1 is 1.12 bits per heavy atom. The molecule has 1 heterocycles. The number of hydrogen-bond donors (Lipinski definition) is 0. The van der Waals surface area contributed by atoms with Crippen molar-refractivity contribution >= 4 is 29.3 Å². The lowest BCUT2D eigenvalue weighted by molar-refractivity contribution is -0.116. The quantitative estimate of drug-likeness (QED) is 0.685. The van der Waals surface area contributed by atoms with Crippen LogP contribution in [0.3, 0.4) is 0 Å². The van der Waals surface area contributed by atoms with E-state index in [1.165, 1.54) is 6.92 Å². The second-order valence-electron chi connectivity index (χ2n) is 3.54. The highest BCUT2D eigenvalue weighted by Gasteiger charge is 2.04. The maximum absolute atomic E-state index is 11.0. The first-order valence-electron chi connectivity index (χ1n) is 4.77. The van der Waals surface area contributed by atoms with E-state index in [-0.39, 0.29) is 18.3 Å². The van der Waals surface area contributed by atoms with Crippen LogP contribution in [0.1, 0.15) is 6.92 Å². The van der Waals surface area contributed by atoms with E-state index >= 15 is 0 Å². The van der Waals surface area contributed by atoms with Crippen LogP contribution in [0.4, 0.5) is 0 Å². The van der Waals surface area contributed by atoms with Crippen molar-refractivity contribution in [1.82, 2.24) is 9.13 Å². The summed E-state index contributed by atoms with van der Waals surface area (Å²) in [7, 11) is 3.81. The number of amides is 1. The number of hydrogen-bond acceptors (Lipinski definition) is 1. The molecule has 16 heavy (non-hydrogen) atoms. The van der Waals surface area contributed by atoms with Crippen LogP contribution < -0.4 is 5.62 Å². The number of rotatable bonds is 0. The average Bonchev–Trinajstić information content (AvgIpc) is 2.44. The van der Waals surface area contributed by atoms with E-state index in [9.17, 15) is 4.79 Å². The van der Waals surface area contributed by atoms with Crippen molar-refractivity contribution in [1.29, 1.82) is 0 Å². The third-order valence-electron chi connectivity index (χ3n) is 2.46. The van der Waals surface area contributed by atoms with E-state index in [0.29, 0.717) is 5.62 Å². The molecule has 4 nitrogen and oxygen atoms in total. The summed E-state index contributed by atoms with van der Waals surface area (Å²) in [6, 6.07) is 7.96. The molecule has 0 radical (unpaired) electrons. The van der Waals surface area contributed by atoms with E-state index < -0.39 is 0 Å². The van der Waals surface area contributed by atoms with E-state index in [4.69, 9.17) is 0 Å². The van der Waals surface area contributed by atoms with Gasteiger partial charge in [-0.25, -0.2) is 0 Å². The molecule has 5 heteroatoms. The number of aryl methyl sites for hydroxylation is 2. The summed E-state index contributed by atoms with van der Waals surface area (Å²) in [5.41, 5.74) is 2.81. The highest BCUT2D eigenvalue weighted by Crippen LogP contribution is 2.09. The van der Waals surface area contributed by atoms with Crippen LogP contribution in [0.15, 0.2) is 29.3 Å². The summed E-state index contributed by atoms with van der Waals surface area (Å²) >= 11 is 0. The summed E-state index contributed by atoms with van der Waals surface area (Å²) in [4.78, 5) is 15.0. The van der Waals surface area contributed by atoms with Gasteiger partial charge in [-0.2, -0.15) is 4.99 Å². The Hall–Kier alpha value is -1.55. The van der Waals surface area contributed by atoms with Gasteiger partial charge in [-0.05, 0) is 12.1 Å². The molecule has 0 unspecified atom stereocenters. The number of halogens is 1. The smallest absolute Gasteiger partial charge is 0.245 e. The van der Waals surface area contributed by atoms with Gasteiger partial charge < -0.3 is 9.13 Å². The third kappa shape index (κ3) is 1.88. The summed E-state index contributed by atoms with van der Waals surface area (Å²) in [6.07, 6.45) is 0. The first-order chi connectivity index (χ1) is 7.11. The zero-order valence-corrected chi connectivity index (χ0v) is 10.3. The van der Waals surface area contributed by atoms with Gasteiger partial charge in [0.1, 0.15) is 0 Å².